The number of carbonyl (C=O) groups excluding carboxylic acids is 1. The summed E-state index contributed by atoms with van der Waals surface area (Å²) in [6, 6.07) is 18.1. The van der Waals surface area contributed by atoms with Crippen molar-refractivity contribution in [2.24, 2.45) is 0 Å². The number of carbonyl (C=O) groups is 1. The number of aromatic nitrogens is 1. The van der Waals surface area contributed by atoms with E-state index in [0.29, 0.717) is 24.7 Å². The summed E-state index contributed by atoms with van der Waals surface area (Å²) in [7, 11) is 0. The van der Waals surface area contributed by atoms with Gasteiger partial charge in [0, 0.05) is 18.6 Å². The molecule has 6 nitrogen and oxygen atoms in total. The standard InChI is InChI=1S/C24H29N3O3/c1-17(2)25-24(28)22-16-29-23(26-22)15-27(18(3)4)14-19-9-8-12-21(13-19)30-20-10-6-5-7-11-20/h5-13,16-18H,14-15H2,1-4H3,(H,25,28). The van der Waals surface area contributed by atoms with E-state index in [9.17, 15) is 4.79 Å². The Morgan fingerprint density at radius 2 is 1.77 bits per heavy atom. The number of hydrogen-bond donors (Lipinski definition) is 1. The van der Waals surface area contributed by atoms with Crippen LogP contribution in [-0.4, -0.2) is 27.9 Å². The normalized spacial score (nSPS) is 11.3. The van der Waals surface area contributed by atoms with Crippen LogP contribution < -0.4 is 10.1 Å². The summed E-state index contributed by atoms with van der Waals surface area (Å²) in [5.74, 6) is 1.91. The molecule has 0 fully saturated rings. The summed E-state index contributed by atoms with van der Waals surface area (Å²) in [6.45, 7) is 9.29. The van der Waals surface area contributed by atoms with Gasteiger partial charge in [-0.2, -0.15) is 0 Å². The molecule has 158 valence electrons. The molecule has 1 heterocycles. The molecule has 6 heteroatoms. The maximum Gasteiger partial charge on any atom is 0.273 e. The Morgan fingerprint density at radius 1 is 1.03 bits per heavy atom. The van der Waals surface area contributed by atoms with Crippen molar-refractivity contribution in [1.82, 2.24) is 15.2 Å². The third kappa shape index (κ3) is 6.19. The van der Waals surface area contributed by atoms with Crippen LogP contribution in [0.4, 0.5) is 0 Å². The number of benzene rings is 2. The van der Waals surface area contributed by atoms with Gasteiger partial charge in [0.1, 0.15) is 17.8 Å². The summed E-state index contributed by atoms with van der Waals surface area (Å²) < 4.78 is 11.5. The number of ether oxygens (including phenoxy) is 1. The van der Waals surface area contributed by atoms with Gasteiger partial charge in [0.25, 0.3) is 5.91 Å². The summed E-state index contributed by atoms with van der Waals surface area (Å²) in [4.78, 5) is 18.7. The summed E-state index contributed by atoms with van der Waals surface area (Å²) in [5, 5.41) is 2.83. The predicted molar refractivity (Wildman–Crippen MR) is 116 cm³/mol. The average molecular weight is 408 g/mol. The minimum atomic E-state index is -0.221. The number of hydrogen-bond acceptors (Lipinski definition) is 5. The first-order valence-electron chi connectivity index (χ1n) is 10.2. The molecule has 0 atom stereocenters. The van der Waals surface area contributed by atoms with Crippen LogP contribution in [-0.2, 0) is 13.1 Å². The van der Waals surface area contributed by atoms with Crippen LogP contribution in [0.2, 0.25) is 0 Å². The highest BCUT2D eigenvalue weighted by atomic mass is 16.5. The first-order chi connectivity index (χ1) is 14.4. The van der Waals surface area contributed by atoms with Gasteiger partial charge in [0.2, 0.25) is 5.89 Å². The summed E-state index contributed by atoms with van der Waals surface area (Å²) in [6.07, 6.45) is 1.42. The molecule has 1 amide bonds. The van der Waals surface area contributed by atoms with Gasteiger partial charge in [-0.1, -0.05) is 30.3 Å². The van der Waals surface area contributed by atoms with Gasteiger partial charge in [0.15, 0.2) is 5.69 Å². The van der Waals surface area contributed by atoms with Crippen molar-refractivity contribution in [3.8, 4) is 11.5 Å². The Labute approximate surface area is 177 Å². The summed E-state index contributed by atoms with van der Waals surface area (Å²) in [5.41, 5.74) is 1.43. The highest BCUT2D eigenvalue weighted by molar-refractivity contribution is 5.92. The maximum absolute atomic E-state index is 12.1. The van der Waals surface area contributed by atoms with E-state index in [-0.39, 0.29) is 18.0 Å². The highest BCUT2D eigenvalue weighted by Crippen LogP contribution is 2.23. The molecule has 0 saturated heterocycles. The minimum absolute atomic E-state index is 0.0511. The van der Waals surface area contributed by atoms with E-state index >= 15 is 0 Å². The van der Waals surface area contributed by atoms with Crippen LogP contribution >= 0.6 is 0 Å². The van der Waals surface area contributed by atoms with Gasteiger partial charge >= 0.3 is 0 Å². The topological polar surface area (TPSA) is 67.6 Å². The molecular weight excluding hydrogens is 378 g/mol. The van der Waals surface area contributed by atoms with Gasteiger partial charge in [-0.15, -0.1) is 0 Å². The fraction of sp³-hybridized carbons (Fsp3) is 0.333. The zero-order chi connectivity index (χ0) is 21.5. The maximum atomic E-state index is 12.1. The zero-order valence-electron chi connectivity index (χ0n) is 18.0. The number of para-hydroxylation sites is 1. The molecule has 0 spiro atoms. The van der Waals surface area contributed by atoms with Gasteiger partial charge in [-0.3, -0.25) is 9.69 Å². The smallest absolute Gasteiger partial charge is 0.273 e. The van der Waals surface area contributed by atoms with E-state index in [4.69, 9.17) is 9.15 Å². The molecule has 3 aromatic rings. The lowest BCUT2D eigenvalue weighted by Gasteiger charge is -2.25. The second kappa shape index (κ2) is 10.1. The number of oxazole rings is 1. The lowest BCUT2D eigenvalue weighted by atomic mass is 10.1. The lowest BCUT2D eigenvalue weighted by Crippen LogP contribution is -2.31. The van der Waals surface area contributed by atoms with Crippen molar-refractivity contribution in [3.05, 3.63) is 78.0 Å². The van der Waals surface area contributed by atoms with Crippen molar-refractivity contribution in [1.29, 1.82) is 0 Å². The largest absolute Gasteiger partial charge is 0.457 e. The number of amides is 1. The number of nitrogens with one attached hydrogen (secondary N) is 1. The Morgan fingerprint density at radius 3 is 2.47 bits per heavy atom. The predicted octanol–water partition coefficient (Wildman–Crippen LogP) is 5.02. The van der Waals surface area contributed by atoms with Crippen LogP contribution in [0.3, 0.4) is 0 Å². The first kappa shape index (κ1) is 21.6. The van der Waals surface area contributed by atoms with Gasteiger partial charge in [-0.25, -0.2) is 4.98 Å². The number of nitrogens with zero attached hydrogens (tertiary/aromatic N) is 2. The zero-order valence-corrected chi connectivity index (χ0v) is 18.0. The molecule has 2 aromatic carbocycles. The van der Waals surface area contributed by atoms with Crippen molar-refractivity contribution in [2.75, 3.05) is 0 Å². The molecule has 0 radical (unpaired) electrons. The third-order valence-electron chi connectivity index (χ3n) is 4.54. The quantitative estimate of drug-likeness (QED) is 0.540. The van der Waals surface area contributed by atoms with E-state index in [2.05, 4.69) is 35.1 Å². The van der Waals surface area contributed by atoms with E-state index in [1.807, 2.05) is 62.4 Å². The van der Waals surface area contributed by atoms with Gasteiger partial charge < -0.3 is 14.5 Å². The molecule has 0 aliphatic heterocycles. The van der Waals surface area contributed by atoms with E-state index in [1.165, 1.54) is 6.26 Å². The third-order valence-corrected chi connectivity index (χ3v) is 4.54. The van der Waals surface area contributed by atoms with Crippen LogP contribution in [0.15, 0.2) is 65.3 Å². The van der Waals surface area contributed by atoms with Crippen LogP contribution in [0.25, 0.3) is 0 Å². The monoisotopic (exact) mass is 407 g/mol. The van der Waals surface area contributed by atoms with Crippen molar-refractivity contribution < 1.29 is 13.9 Å². The second-order valence-corrected chi connectivity index (χ2v) is 7.82. The Balaban J connectivity index is 1.67. The molecule has 30 heavy (non-hydrogen) atoms. The fourth-order valence-corrected chi connectivity index (χ4v) is 2.99. The molecule has 0 unspecified atom stereocenters. The number of rotatable bonds is 9. The first-order valence-corrected chi connectivity index (χ1v) is 10.2. The molecule has 1 aromatic heterocycles. The molecule has 0 bridgehead atoms. The Hall–Kier alpha value is -3.12. The molecule has 3 rings (SSSR count). The molecule has 0 saturated carbocycles. The average Bonchev–Trinajstić information content (AvgIpc) is 3.17. The SMILES string of the molecule is CC(C)NC(=O)c1coc(CN(Cc2cccc(Oc3ccccc3)c2)C(C)C)n1. The van der Waals surface area contributed by atoms with Crippen LogP contribution in [0.1, 0.15) is 49.6 Å². The fourth-order valence-electron chi connectivity index (χ4n) is 2.99. The minimum Gasteiger partial charge on any atom is -0.457 e. The van der Waals surface area contributed by atoms with E-state index in [0.717, 1.165) is 17.1 Å². The second-order valence-electron chi connectivity index (χ2n) is 7.82. The lowest BCUT2D eigenvalue weighted by molar-refractivity contribution is 0.0938. The Bertz CT molecular complexity index is 951. The Kier molecular flexibility index (Phi) is 7.25. The van der Waals surface area contributed by atoms with Crippen molar-refractivity contribution in [2.45, 2.75) is 52.9 Å². The van der Waals surface area contributed by atoms with Gasteiger partial charge in [-0.05, 0) is 57.5 Å². The van der Waals surface area contributed by atoms with Crippen LogP contribution in [0.5, 0.6) is 11.5 Å². The molecular formula is C24H29N3O3. The molecule has 0 aliphatic carbocycles. The van der Waals surface area contributed by atoms with Gasteiger partial charge in [0.05, 0.1) is 6.54 Å². The molecule has 0 aliphatic rings. The van der Waals surface area contributed by atoms with Crippen molar-refractivity contribution in [3.63, 3.8) is 0 Å². The highest BCUT2D eigenvalue weighted by Gasteiger charge is 2.17. The van der Waals surface area contributed by atoms with Crippen LogP contribution in [0, 0.1) is 0 Å². The van der Waals surface area contributed by atoms with E-state index in [1.54, 1.807) is 0 Å². The summed E-state index contributed by atoms with van der Waals surface area (Å²) >= 11 is 0. The van der Waals surface area contributed by atoms with Crippen molar-refractivity contribution >= 4 is 5.91 Å². The van der Waals surface area contributed by atoms with E-state index < -0.39 is 0 Å². The molecule has 1 N–H and O–H groups in total.